The molecule has 2 aromatic carbocycles. The first-order chi connectivity index (χ1) is 13.4. The summed E-state index contributed by atoms with van der Waals surface area (Å²) < 4.78 is 3.14. The number of non-ortho nitro benzene ring substituents is 1. The highest BCUT2D eigenvalue weighted by atomic mass is 16.6. The zero-order valence-corrected chi connectivity index (χ0v) is 15.4. The van der Waals surface area contributed by atoms with Gasteiger partial charge in [-0.1, -0.05) is 29.8 Å². The Hall–Kier alpha value is -3.81. The minimum atomic E-state index is -0.453. The molecule has 0 aliphatic carbocycles. The molecule has 28 heavy (non-hydrogen) atoms. The van der Waals surface area contributed by atoms with E-state index in [1.807, 2.05) is 26.0 Å². The molecule has 4 aromatic rings. The van der Waals surface area contributed by atoms with Gasteiger partial charge in [-0.3, -0.25) is 19.5 Å². The largest absolute Gasteiger partial charge is 0.294 e. The molecule has 0 unspecified atom stereocenters. The lowest BCUT2D eigenvalue weighted by molar-refractivity contribution is -0.384. The molecule has 0 fully saturated rings. The van der Waals surface area contributed by atoms with Crippen molar-refractivity contribution in [2.75, 3.05) is 0 Å². The number of rotatable bonds is 4. The van der Waals surface area contributed by atoms with Crippen LogP contribution in [-0.4, -0.2) is 24.3 Å². The van der Waals surface area contributed by atoms with Crippen molar-refractivity contribution in [3.05, 3.63) is 92.1 Å². The lowest BCUT2D eigenvalue weighted by atomic mass is 10.1. The topological polar surface area (TPSA) is 95.8 Å². The van der Waals surface area contributed by atoms with E-state index in [2.05, 4.69) is 16.1 Å². The van der Waals surface area contributed by atoms with Gasteiger partial charge in [0.05, 0.1) is 23.4 Å². The molecule has 8 nitrogen and oxygen atoms in total. The molecular weight excluding hydrogens is 358 g/mol. The Morgan fingerprint density at radius 2 is 1.86 bits per heavy atom. The van der Waals surface area contributed by atoms with Gasteiger partial charge in [0.25, 0.3) is 11.2 Å². The van der Waals surface area contributed by atoms with Crippen LogP contribution in [0, 0.1) is 24.0 Å². The summed E-state index contributed by atoms with van der Waals surface area (Å²) in [6.07, 6.45) is 3.00. The van der Waals surface area contributed by atoms with E-state index < -0.39 is 4.92 Å². The van der Waals surface area contributed by atoms with Crippen molar-refractivity contribution in [1.29, 1.82) is 0 Å². The molecule has 2 heterocycles. The molecule has 0 saturated heterocycles. The summed E-state index contributed by atoms with van der Waals surface area (Å²) in [4.78, 5) is 27.6. The van der Waals surface area contributed by atoms with E-state index in [1.54, 1.807) is 16.8 Å². The van der Waals surface area contributed by atoms with Gasteiger partial charge in [0.2, 0.25) is 0 Å². The summed E-state index contributed by atoms with van der Waals surface area (Å²) in [5, 5.41) is 15.5. The van der Waals surface area contributed by atoms with E-state index in [1.165, 1.54) is 29.2 Å². The second-order valence-corrected chi connectivity index (χ2v) is 6.68. The van der Waals surface area contributed by atoms with E-state index in [0.717, 1.165) is 22.4 Å². The van der Waals surface area contributed by atoms with Crippen molar-refractivity contribution in [3.8, 4) is 5.69 Å². The Kier molecular flexibility index (Phi) is 4.23. The third kappa shape index (κ3) is 3.05. The third-order valence-electron chi connectivity index (χ3n) is 4.64. The van der Waals surface area contributed by atoms with Crippen LogP contribution in [-0.2, 0) is 6.54 Å². The molecule has 0 saturated carbocycles. The Balaban J connectivity index is 1.72. The number of aromatic nitrogens is 4. The summed E-state index contributed by atoms with van der Waals surface area (Å²) in [7, 11) is 0. The average molecular weight is 375 g/mol. The predicted octanol–water partition coefficient (Wildman–Crippen LogP) is 3.16. The second-order valence-electron chi connectivity index (χ2n) is 6.68. The fourth-order valence-corrected chi connectivity index (χ4v) is 3.20. The molecule has 0 radical (unpaired) electrons. The molecule has 4 rings (SSSR count). The zero-order chi connectivity index (χ0) is 19.8. The lowest BCUT2D eigenvalue weighted by Crippen LogP contribution is -2.21. The molecule has 0 aliphatic rings. The highest BCUT2D eigenvalue weighted by Gasteiger charge is 2.13. The Morgan fingerprint density at radius 3 is 2.54 bits per heavy atom. The second kappa shape index (κ2) is 6.73. The van der Waals surface area contributed by atoms with E-state index in [9.17, 15) is 14.9 Å². The minimum absolute atomic E-state index is 0.0134. The summed E-state index contributed by atoms with van der Waals surface area (Å²) in [6, 6.07) is 12.1. The van der Waals surface area contributed by atoms with Gasteiger partial charge in [0.15, 0.2) is 5.65 Å². The van der Waals surface area contributed by atoms with Gasteiger partial charge in [0.1, 0.15) is 11.7 Å². The van der Waals surface area contributed by atoms with E-state index in [4.69, 9.17) is 0 Å². The summed E-state index contributed by atoms with van der Waals surface area (Å²) >= 11 is 0. The Morgan fingerprint density at radius 1 is 1.11 bits per heavy atom. The van der Waals surface area contributed by atoms with Crippen LogP contribution in [0.15, 0.2) is 59.8 Å². The van der Waals surface area contributed by atoms with Crippen LogP contribution >= 0.6 is 0 Å². The van der Waals surface area contributed by atoms with Crippen LogP contribution in [0.1, 0.15) is 16.7 Å². The standard InChI is InChI=1S/C20H17N5O3/c1-13-3-8-18(14(2)9-13)24-19-17(10-22-24)20(26)23(12-21-19)11-15-4-6-16(7-5-15)25(27)28/h3-10,12H,11H2,1-2H3. The van der Waals surface area contributed by atoms with Crippen molar-refractivity contribution in [2.24, 2.45) is 0 Å². The molecule has 0 amide bonds. The number of benzene rings is 2. The quantitative estimate of drug-likeness (QED) is 0.403. The van der Waals surface area contributed by atoms with Crippen LogP contribution in [0.2, 0.25) is 0 Å². The van der Waals surface area contributed by atoms with Gasteiger partial charge in [-0.05, 0) is 31.0 Å². The zero-order valence-electron chi connectivity index (χ0n) is 15.4. The number of hydrogen-bond acceptors (Lipinski definition) is 5. The molecule has 2 aromatic heterocycles. The molecule has 8 heteroatoms. The number of nitro benzene ring substituents is 1. The number of nitrogens with zero attached hydrogens (tertiary/aromatic N) is 5. The number of aryl methyl sites for hydroxylation is 2. The van der Waals surface area contributed by atoms with Crippen LogP contribution < -0.4 is 5.56 Å². The summed E-state index contributed by atoms with van der Waals surface area (Å²) in [5.41, 5.74) is 4.14. The molecule has 140 valence electrons. The first-order valence-electron chi connectivity index (χ1n) is 8.68. The highest BCUT2D eigenvalue weighted by Crippen LogP contribution is 2.19. The third-order valence-corrected chi connectivity index (χ3v) is 4.64. The van der Waals surface area contributed by atoms with Crippen molar-refractivity contribution < 1.29 is 4.92 Å². The van der Waals surface area contributed by atoms with Crippen molar-refractivity contribution in [3.63, 3.8) is 0 Å². The van der Waals surface area contributed by atoms with Crippen LogP contribution in [0.5, 0.6) is 0 Å². The number of fused-ring (bicyclic) bond motifs is 1. The van der Waals surface area contributed by atoms with E-state index >= 15 is 0 Å². The van der Waals surface area contributed by atoms with Gasteiger partial charge >= 0.3 is 0 Å². The molecule has 0 bridgehead atoms. The first kappa shape index (κ1) is 17.6. The van der Waals surface area contributed by atoms with Crippen molar-refractivity contribution >= 4 is 16.7 Å². The van der Waals surface area contributed by atoms with E-state index in [0.29, 0.717) is 11.0 Å². The lowest BCUT2D eigenvalue weighted by Gasteiger charge is -2.09. The fraction of sp³-hybridized carbons (Fsp3) is 0.150. The molecule has 0 spiro atoms. The maximum absolute atomic E-state index is 12.9. The average Bonchev–Trinajstić information content (AvgIpc) is 3.09. The van der Waals surface area contributed by atoms with Crippen LogP contribution in [0.3, 0.4) is 0 Å². The molecular formula is C20H17N5O3. The fourth-order valence-electron chi connectivity index (χ4n) is 3.20. The van der Waals surface area contributed by atoms with Gasteiger partial charge < -0.3 is 0 Å². The van der Waals surface area contributed by atoms with E-state index in [-0.39, 0.29) is 17.8 Å². The molecule has 0 aliphatic heterocycles. The van der Waals surface area contributed by atoms with Crippen molar-refractivity contribution in [2.45, 2.75) is 20.4 Å². The summed E-state index contributed by atoms with van der Waals surface area (Å²) in [5.74, 6) is 0. The van der Waals surface area contributed by atoms with Crippen molar-refractivity contribution in [1.82, 2.24) is 19.3 Å². The Labute approximate surface area is 159 Å². The van der Waals surface area contributed by atoms with Gasteiger partial charge in [-0.15, -0.1) is 0 Å². The summed E-state index contributed by atoms with van der Waals surface area (Å²) in [6.45, 7) is 4.28. The van der Waals surface area contributed by atoms with Gasteiger partial charge in [-0.2, -0.15) is 5.10 Å². The smallest absolute Gasteiger partial charge is 0.269 e. The monoisotopic (exact) mass is 375 g/mol. The first-order valence-corrected chi connectivity index (χ1v) is 8.68. The SMILES string of the molecule is Cc1ccc(-n2ncc3c(=O)n(Cc4ccc([N+](=O)[O-])cc4)cnc32)c(C)c1. The maximum atomic E-state index is 12.9. The molecule has 0 N–H and O–H groups in total. The van der Waals surface area contributed by atoms with Gasteiger partial charge in [-0.25, -0.2) is 9.67 Å². The van der Waals surface area contributed by atoms with Crippen LogP contribution in [0.25, 0.3) is 16.7 Å². The minimum Gasteiger partial charge on any atom is -0.294 e. The number of hydrogen-bond donors (Lipinski definition) is 0. The van der Waals surface area contributed by atoms with Gasteiger partial charge in [0, 0.05) is 12.1 Å². The van der Waals surface area contributed by atoms with Crippen LogP contribution in [0.4, 0.5) is 5.69 Å². The molecule has 0 atom stereocenters. The normalized spacial score (nSPS) is 11.1. The Bertz CT molecular complexity index is 1260. The number of nitro groups is 1. The maximum Gasteiger partial charge on any atom is 0.269 e. The predicted molar refractivity (Wildman–Crippen MR) is 105 cm³/mol. The highest BCUT2D eigenvalue weighted by molar-refractivity contribution is 5.75.